The Kier molecular flexibility index (Phi) is 5.56. The third-order valence-corrected chi connectivity index (χ3v) is 3.49. The van der Waals surface area contributed by atoms with Gasteiger partial charge in [-0.25, -0.2) is 0 Å². The van der Waals surface area contributed by atoms with Crippen molar-refractivity contribution in [3.8, 4) is 5.75 Å². The maximum atomic E-state index is 12.9. The van der Waals surface area contributed by atoms with Gasteiger partial charge in [0, 0.05) is 14.1 Å². The van der Waals surface area contributed by atoms with E-state index >= 15 is 0 Å². The minimum atomic E-state index is -4.49. The van der Waals surface area contributed by atoms with Crippen LogP contribution in [-0.2, 0) is 11.0 Å². The second-order valence-corrected chi connectivity index (χ2v) is 5.69. The summed E-state index contributed by atoms with van der Waals surface area (Å²) in [7, 11) is 3.37. The fourth-order valence-corrected chi connectivity index (χ4v) is 2.19. The number of hydrogen-bond donors (Lipinski definition) is 1. The van der Waals surface area contributed by atoms with Crippen LogP contribution in [0.3, 0.4) is 0 Å². The summed E-state index contributed by atoms with van der Waals surface area (Å²) >= 11 is 0. The van der Waals surface area contributed by atoms with Gasteiger partial charge in [0.2, 0.25) is 0 Å². The van der Waals surface area contributed by atoms with E-state index in [-0.39, 0.29) is 5.69 Å². The second kappa shape index (κ2) is 7.46. The first-order valence-electron chi connectivity index (χ1n) is 7.59. The van der Waals surface area contributed by atoms with E-state index in [4.69, 9.17) is 4.74 Å². The molecule has 1 amide bonds. The molecule has 0 spiro atoms. The van der Waals surface area contributed by atoms with Crippen molar-refractivity contribution in [1.82, 2.24) is 0 Å². The number of benzene rings is 2. The molecule has 0 unspecified atom stereocenters. The van der Waals surface area contributed by atoms with Crippen molar-refractivity contribution in [3.63, 3.8) is 0 Å². The molecule has 4 nitrogen and oxygen atoms in total. The highest BCUT2D eigenvalue weighted by Crippen LogP contribution is 2.35. The number of halogens is 3. The molecule has 25 heavy (non-hydrogen) atoms. The molecule has 1 atom stereocenters. The highest BCUT2D eigenvalue weighted by Gasteiger charge is 2.31. The molecule has 0 bridgehead atoms. The van der Waals surface area contributed by atoms with Crippen molar-refractivity contribution >= 4 is 17.3 Å². The number of anilines is 2. The fourth-order valence-electron chi connectivity index (χ4n) is 2.19. The van der Waals surface area contributed by atoms with E-state index in [2.05, 4.69) is 5.32 Å². The van der Waals surface area contributed by atoms with Gasteiger partial charge in [-0.2, -0.15) is 13.2 Å². The number of para-hydroxylation sites is 1. The Morgan fingerprint density at radius 3 is 2.32 bits per heavy atom. The van der Waals surface area contributed by atoms with Gasteiger partial charge in [-0.15, -0.1) is 0 Å². The first-order chi connectivity index (χ1) is 11.7. The van der Waals surface area contributed by atoms with Crippen LogP contribution in [0.5, 0.6) is 5.75 Å². The van der Waals surface area contributed by atoms with Crippen LogP contribution in [0.25, 0.3) is 0 Å². The van der Waals surface area contributed by atoms with E-state index in [1.807, 2.05) is 6.07 Å². The monoisotopic (exact) mass is 352 g/mol. The lowest BCUT2D eigenvalue weighted by Gasteiger charge is -2.21. The predicted octanol–water partition coefficient (Wildman–Crippen LogP) is 4.18. The molecule has 0 aromatic heterocycles. The first-order valence-corrected chi connectivity index (χ1v) is 7.59. The summed E-state index contributed by atoms with van der Waals surface area (Å²) in [4.78, 5) is 13.9. The summed E-state index contributed by atoms with van der Waals surface area (Å²) < 4.78 is 44.3. The highest BCUT2D eigenvalue weighted by atomic mass is 19.4. The Morgan fingerprint density at radius 1 is 1.12 bits per heavy atom. The average Bonchev–Trinajstić information content (AvgIpc) is 2.54. The summed E-state index contributed by atoms with van der Waals surface area (Å²) in [5.74, 6) is -0.0340. The SMILES string of the molecule is C[C@@H](Oc1ccccc1)C(=O)Nc1cc(C(F)(F)F)ccc1N(C)C. The Morgan fingerprint density at radius 2 is 1.76 bits per heavy atom. The quantitative estimate of drug-likeness (QED) is 0.878. The molecular weight excluding hydrogens is 333 g/mol. The van der Waals surface area contributed by atoms with E-state index in [9.17, 15) is 18.0 Å². The van der Waals surface area contributed by atoms with E-state index < -0.39 is 23.8 Å². The van der Waals surface area contributed by atoms with Gasteiger partial charge in [0.25, 0.3) is 5.91 Å². The summed E-state index contributed by atoms with van der Waals surface area (Å²) in [6.45, 7) is 1.53. The number of carbonyl (C=O) groups is 1. The molecule has 2 rings (SSSR count). The van der Waals surface area contributed by atoms with Gasteiger partial charge < -0.3 is 15.0 Å². The smallest absolute Gasteiger partial charge is 0.416 e. The molecule has 0 radical (unpaired) electrons. The van der Waals surface area contributed by atoms with Gasteiger partial charge in [0.05, 0.1) is 16.9 Å². The summed E-state index contributed by atoms with van der Waals surface area (Å²) in [5, 5.41) is 2.52. The first kappa shape index (κ1) is 18.6. The Labute approximate surface area is 144 Å². The van der Waals surface area contributed by atoms with Crippen molar-refractivity contribution in [3.05, 3.63) is 54.1 Å². The number of nitrogens with one attached hydrogen (secondary N) is 1. The van der Waals surface area contributed by atoms with E-state index in [1.165, 1.54) is 13.0 Å². The Balaban J connectivity index is 2.20. The lowest BCUT2D eigenvalue weighted by Crippen LogP contribution is -2.31. The largest absolute Gasteiger partial charge is 0.481 e. The van der Waals surface area contributed by atoms with Crippen LogP contribution in [-0.4, -0.2) is 26.1 Å². The third-order valence-electron chi connectivity index (χ3n) is 3.49. The molecule has 0 saturated heterocycles. The molecule has 0 saturated carbocycles. The third kappa shape index (κ3) is 4.89. The molecule has 2 aromatic carbocycles. The normalized spacial score (nSPS) is 12.4. The number of hydrogen-bond acceptors (Lipinski definition) is 3. The predicted molar refractivity (Wildman–Crippen MR) is 90.9 cm³/mol. The Bertz CT molecular complexity index is 731. The number of amides is 1. The van der Waals surface area contributed by atoms with Gasteiger partial charge in [-0.05, 0) is 37.3 Å². The molecule has 1 N–H and O–H groups in total. The lowest BCUT2D eigenvalue weighted by molar-refractivity contribution is -0.137. The molecule has 7 heteroatoms. The van der Waals surface area contributed by atoms with Crippen molar-refractivity contribution in [2.45, 2.75) is 19.2 Å². The zero-order chi connectivity index (χ0) is 18.6. The molecule has 0 aliphatic heterocycles. The molecule has 134 valence electrons. The fraction of sp³-hybridized carbons (Fsp3) is 0.278. The average molecular weight is 352 g/mol. The van der Waals surface area contributed by atoms with Crippen LogP contribution in [0.4, 0.5) is 24.5 Å². The van der Waals surface area contributed by atoms with Crippen LogP contribution in [0, 0.1) is 0 Å². The summed E-state index contributed by atoms with van der Waals surface area (Å²) in [6, 6.07) is 11.9. The lowest BCUT2D eigenvalue weighted by atomic mass is 10.1. The van der Waals surface area contributed by atoms with E-state index in [1.54, 1.807) is 43.3 Å². The molecule has 2 aromatic rings. The topological polar surface area (TPSA) is 41.6 Å². The number of nitrogens with zero attached hydrogens (tertiary/aromatic N) is 1. The molecule has 0 aliphatic rings. The van der Waals surface area contributed by atoms with Crippen molar-refractivity contribution in [1.29, 1.82) is 0 Å². The van der Waals surface area contributed by atoms with Gasteiger partial charge in [0.15, 0.2) is 6.10 Å². The van der Waals surface area contributed by atoms with E-state index in [0.717, 1.165) is 12.1 Å². The van der Waals surface area contributed by atoms with Gasteiger partial charge >= 0.3 is 6.18 Å². The van der Waals surface area contributed by atoms with Crippen molar-refractivity contribution in [2.24, 2.45) is 0 Å². The maximum Gasteiger partial charge on any atom is 0.416 e. The van der Waals surface area contributed by atoms with Crippen LogP contribution >= 0.6 is 0 Å². The van der Waals surface area contributed by atoms with Crippen LogP contribution in [0.15, 0.2) is 48.5 Å². The van der Waals surface area contributed by atoms with Gasteiger partial charge in [-0.1, -0.05) is 18.2 Å². The number of rotatable bonds is 5. The van der Waals surface area contributed by atoms with Crippen LogP contribution in [0.1, 0.15) is 12.5 Å². The minimum absolute atomic E-state index is 0.0772. The zero-order valence-electron chi connectivity index (χ0n) is 14.1. The highest BCUT2D eigenvalue weighted by molar-refractivity contribution is 5.97. The zero-order valence-corrected chi connectivity index (χ0v) is 14.1. The number of carbonyl (C=O) groups excluding carboxylic acids is 1. The number of alkyl halides is 3. The van der Waals surface area contributed by atoms with Crippen molar-refractivity contribution < 1.29 is 22.7 Å². The second-order valence-electron chi connectivity index (χ2n) is 5.69. The van der Waals surface area contributed by atoms with Gasteiger partial charge in [0.1, 0.15) is 5.75 Å². The Hall–Kier alpha value is -2.70. The molecule has 0 heterocycles. The standard InChI is InChI=1S/C18H19F3N2O2/c1-12(25-14-7-5-4-6-8-14)17(24)22-15-11-13(18(19,20)21)9-10-16(15)23(2)3/h4-12H,1-3H3,(H,22,24)/t12-/m1/s1. The van der Waals surface area contributed by atoms with E-state index in [0.29, 0.717) is 11.4 Å². The maximum absolute atomic E-state index is 12.9. The van der Waals surface area contributed by atoms with Crippen LogP contribution < -0.4 is 15.0 Å². The molecule has 0 fully saturated rings. The molecule has 0 aliphatic carbocycles. The number of ether oxygens (including phenoxy) is 1. The van der Waals surface area contributed by atoms with Crippen molar-refractivity contribution in [2.75, 3.05) is 24.3 Å². The summed E-state index contributed by atoms with van der Waals surface area (Å²) in [5.41, 5.74) is -0.286. The summed E-state index contributed by atoms with van der Waals surface area (Å²) in [6.07, 6.45) is -5.36. The van der Waals surface area contributed by atoms with Gasteiger partial charge in [-0.3, -0.25) is 4.79 Å². The van der Waals surface area contributed by atoms with Crippen LogP contribution in [0.2, 0.25) is 0 Å². The minimum Gasteiger partial charge on any atom is -0.481 e. The molecular formula is C18H19F3N2O2.